The summed E-state index contributed by atoms with van der Waals surface area (Å²) in [4.78, 5) is 15.4. The first-order chi connectivity index (χ1) is 11.8. The van der Waals surface area contributed by atoms with Crippen LogP contribution in [0, 0.1) is 11.8 Å². The van der Waals surface area contributed by atoms with Crippen LogP contribution < -0.4 is 0 Å². The number of rotatable bonds is 6. The Bertz CT molecular complexity index is 714. The Labute approximate surface area is 148 Å². The largest absolute Gasteiger partial charge is 0.324 e. The molecule has 0 aliphatic heterocycles. The molecule has 0 saturated carbocycles. The molecule has 1 amide bonds. The van der Waals surface area contributed by atoms with Crippen LogP contribution >= 0.6 is 11.8 Å². The molecule has 0 bridgehead atoms. The molecule has 0 atom stereocenters. The van der Waals surface area contributed by atoms with E-state index < -0.39 is 0 Å². The summed E-state index contributed by atoms with van der Waals surface area (Å²) in [6, 6.07) is 20.0. The number of thioether (sulfide) groups is 1. The molecular weight excluding hydrogens is 314 g/mol. The Kier molecular flexibility index (Phi) is 7.73. The topological polar surface area (TPSA) is 20.3 Å². The number of amides is 1. The molecule has 2 nitrogen and oxygen atoms in total. The van der Waals surface area contributed by atoms with E-state index >= 15 is 0 Å². The van der Waals surface area contributed by atoms with E-state index in [1.54, 1.807) is 11.0 Å². The first-order valence-corrected chi connectivity index (χ1v) is 8.84. The second-order valence-corrected chi connectivity index (χ2v) is 6.10. The van der Waals surface area contributed by atoms with Crippen molar-refractivity contribution in [1.29, 1.82) is 0 Å². The quantitative estimate of drug-likeness (QED) is 0.432. The predicted octanol–water partition coefficient (Wildman–Crippen LogP) is 4.73. The number of nitrogens with zero attached hydrogens (tertiary/aromatic N) is 1. The van der Waals surface area contributed by atoms with Gasteiger partial charge < -0.3 is 4.90 Å². The lowest BCUT2D eigenvalue weighted by Crippen LogP contribution is -2.29. The Hall–Kier alpha value is -2.44. The second kappa shape index (κ2) is 10.4. The number of benzene rings is 2. The van der Waals surface area contributed by atoms with Crippen LogP contribution in [0.15, 0.2) is 77.0 Å². The lowest BCUT2D eigenvalue weighted by molar-refractivity contribution is -0.126. The predicted molar refractivity (Wildman–Crippen MR) is 101 cm³/mol. The molecular formula is C21H21NOS. The van der Waals surface area contributed by atoms with Gasteiger partial charge in [0.05, 0.1) is 6.54 Å². The van der Waals surface area contributed by atoms with Crippen LogP contribution in [0.3, 0.4) is 0 Å². The highest BCUT2D eigenvalue weighted by Crippen LogP contribution is 2.18. The summed E-state index contributed by atoms with van der Waals surface area (Å²) in [5, 5.41) is 1.84. The van der Waals surface area contributed by atoms with E-state index in [1.807, 2.05) is 73.0 Å². The highest BCUT2D eigenvalue weighted by Gasteiger charge is 2.09. The van der Waals surface area contributed by atoms with Gasteiger partial charge in [-0.1, -0.05) is 73.1 Å². The first kappa shape index (κ1) is 17.9. The average molecular weight is 335 g/mol. The maximum atomic E-state index is 12.5. The Morgan fingerprint density at radius 3 is 2.38 bits per heavy atom. The van der Waals surface area contributed by atoms with Crippen LogP contribution in [0.1, 0.15) is 18.9 Å². The zero-order valence-corrected chi connectivity index (χ0v) is 14.6. The van der Waals surface area contributed by atoms with Gasteiger partial charge in [-0.25, -0.2) is 0 Å². The van der Waals surface area contributed by atoms with Crippen molar-refractivity contribution in [2.75, 3.05) is 6.54 Å². The maximum Gasteiger partial charge on any atom is 0.248 e. The molecule has 0 fully saturated rings. The van der Waals surface area contributed by atoms with E-state index in [9.17, 15) is 4.79 Å². The summed E-state index contributed by atoms with van der Waals surface area (Å²) >= 11 is 1.54. The molecule has 0 saturated heterocycles. The molecule has 3 heteroatoms. The lowest BCUT2D eigenvalue weighted by Gasteiger charge is -2.18. The second-order valence-electron chi connectivity index (χ2n) is 5.12. The summed E-state index contributed by atoms with van der Waals surface area (Å²) < 4.78 is 0. The van der Waals surface area contributed by atoms with Gasteiger partial charge in [0.2, 0.25) is 5.91 Å². The van der Waals surface area contributed by atoms with Crippen LogP contribution in [0.5, 0.6) is 0 Å². The maximum absolute atomic E-state index is 12.5. The molecule has 0 heterocycles. The van der Waals surface area contributed by atoms with Gasteiger partial charge >= 0.3 is 0 Å². The minimum Gasteiger partial charge on any atom is -0.324 e. The Balaban J connectivity index is 2.00. The van der Waals surface area contributed by atoms with Crippen molar-refractivity contribution < 1.29 is 4.79 Å². The Morgan fingerprint density at radius 2 is 1.71 bits per heavy atom. The van der Waals surface area contributed by atoms with Crippen LogP contribution in [0.4, 0.5) is 0 Å². The van der Waals surface area contributed by atoms with Crippen molar-refractivity contribution in [2.24, 2.45) is 0 Å². The number of hydrogen-bond donors (Lipinski definition) is 0. The zero-order valence-electron chi connectivity index (χ0n) is 13.8. The van der Waals surface area contributed by atoms with E-state index in [4.69, 9.17) is 0 Å². The molecule has 2 rings (SSSR count). The molecule has 122 valence electrons. The lowest BCUT2D eigenvalue weighted by atomic mass is 10.2. The molecule has 2 aromatic carbocycles. The molecule has 0 spiro atoms. The minimum absolute atomic E-state index is 0.0207. The highest BCUT2D eigenvalue weighted by atomic mass is 32.2. The summed E-state index contributed by atoms with van der Waals surface area (Å²) in [6.07, 6.45) is 2.42. The molecule has 0 radical (unpaired) electrons. The minimum atomic E-state index is -0.0207. The third-order valence-corrected chi connectivity index (χ3v) is 4.07. The van der Waals surface area contributed by atoms with Crippen molar-refractivity contribution in [3.05, 3.63) is 77.7 Å². The number of hydrogen-bond acceptors (Lipinski definition) is 2. The van der Waals surface area contributed by atoms with E-state index in [-0.39, 0.29) is 5.91 Å². The molecule has 0 unspecified atom stereocenters. The molecule has 0 aliphatic rings. The summed E-state index contributed by atoms with van der Waals surface area (Å²) in [5.74, 6) is 6.07. The van der Waals surface area contributed by atoms with Crippen molar-refractivity contribution >= 4 is 17.7 Å². The van der Waals surface area contributed by atoms with Gasteiger partial charge in [0.15, 0.2) is 0 Å². The van der Waals surface area contributed by atoms with E-state index in [0.29, 0.717) is 13.1 Å². The van der Waals surface area contributed by atoms with Gasteiger partial charge in [0.25, 0.3) is 0 Å². The third-order valence-electron chi connectivity index (χ3n) is 3.26. The fourth-order valence-electron chi connectivity index (χ4n) is 2.07. The van der Waals surface area contributed by atoms with Gasteiger partial charge in [-0.3, -0.25) is 4.79 Å². The van der Waals surface area contributed by atoms with Gasteiger partial charge in [0, 0.05) is 23.9 Å². The molecule has 24 heavy (non-hydrogen) atoms. The SMILES string of the molecule is CCC#CCN(Cc1ccccc1)C(=O)/C=C/Sc1ccccc1. The fraction of sp³-hybridized carbons (Fsp3) is 0.190. The first-order valence-electron chi connectivity index (χ1n) is 7.96. The molecule has 0 aliphatic carbocycles. The van der Waals surface area contributed by atoms with Crippen LogP contribution in [0.25, 0.3) is 0 Å². The van der Waals surface area contributed by atoms with E-state index in [1.165, 1.54) is 11.8 Å². The monoisotopic (exact) mass is 335 g/mol. The van der Waals surface area contributed by atoms with Gasteiger partial charge in [-0.2, -0.15) is 0 Å². The summed E-state index contributed by atoms with van der Waals surface area (Å²) in [7, 11) is 0. The summed E-state index contributed by atoms with van der Waals surface area (Å²) in [5.41, 5.74) is 1.10. The van der Waals surface area contributed by atoms with Crippen LogP contribution in [-0.2, 0) is 11.3 Å². The smallest absolute Gasteiger partial charge is 0.248 e. The number of carbonyl (C=O) groups is 1. The van der Waals surface area contributed by atoms with Crippen molar-refractivity contribution in [2.45, 2.75) is 24.8 Å². The van der Waals surface area contributed by atoms with Crippen LogP contribution in [0.2, 0.25) is 0 Å². The van der Waals surface area contributed by atoms with E-state index in [0.717, 1.165) is 16.9 Å². The van der Waals surface area contributed by atoms with Gasteiger partial charge in [-0.15, -0.1) is 5.92 Å². The Morgan fingerprint density at radius 1 is 1.04 bits per heavy atom. The standard InChI is InChI=1S/C21H21NOS/c1-2-3-10-16-22(18-19-11-6-4-7-12-19)21(23)15-17-24-20-13-8-5-9-14-20/h4-9,11-15,17H,2,16,18H2,1H3/b17-15+. The number of carbonyl (C=O) groups excluding carboxylic acids is 1. The van der Waals surface area contributed by atoms with E-state index in [2.05, 4.69) is 11.8 Å². The van der Waals surface area contributed by atoms with Crippen molar-refractivity contribution in [1.82, 2.24) is 4.90 Å². The zero-order chi connectivity index (χ0) is 17.0. The van der Waals surface area contributed by atoms with Crippen LogP contribution in [-0.4, -0.2) is 17.4 Å². The fourth-order valence-corrected chi connectivity index (χ4v) is 2.72. The van der Waals surface area contributed by atoms with Crippen molar-refractivity contribution in [3.63, 3.8) is 0 Å². The summed E-state index contributed by atoms with van der Waals surface area (Å²) in [6.45, 7) is 3.02. The van der Waals surface area contributed by atoms with Gasteiger partial charge in [-0.05, 0) is 23.1 Å². The van der Waals surface area contributed by atoms with Crippen molar-refractivity contribution in [3.8, 4) is 11.8 Å². The normalized spacial score (nSPS) is 10.2. The molecule has 2 aromatic rings. The third kappa shape index (κ3) is 6.36. The van der Waals surface area contributed by atoms with Gasteiger partial charge in [0.1, 0.15) is 0 Å². The average Bonchev–Trinajstić information content (AvgIpc) is 2.63. The molecule has 0 N–H and O–H groups in total. The highest BCUT2D eigenvalue weighted by molar-refractivity contribution is 8.02. The molecule has 0 aromatic heterocycles.